The van der Waals surface area contributed by atoms with E-state index in [1.54, 1.807) is 67.0 Å². The molecule has 2 aromatic carbocycles. The monoisotopic (exact) mass is 464 g/mol. The number of urea groups is 1. The molecule has 156 valence electrons. The van der Waals surface area contributed by atoms with Gasteiger partial charge in [0.25, 0.3) is 0 Å². The van der Waals surface area contributed by atoms with Gasteiger partial charge in [0.15, 0.2) is 0 Å². The van der Waals surface area contributed by atoms with Crippen molar-refractivity contribution in [3.63, 3.8) is 0 Å². The van der Waals surface area contributed by atoms with E-state index in [0.29, 0.717) is 23.5 Å². The molecular weight excluding hydrogens is 447 g/mol. The van der Waals surface area contributed by atoms with Crippen LogP contribution in [0.1, 0.15) is 11.1 Å². The lowest BCUT2D eigenvalue weighted by Gasteiger charge is -2.12. The average Bonchev–Trinajstić information content (AvgIpc) is 2.71. The van der Waals surface area contributed by atoms with Crippen LogP contribution in [0.3, 0.4) is 0 Å². The first-order valence-corrected chi connectivity index (χ1v) is 11.2. The Labute approximate surface area is 184 Å². The number of anilines is 2. The molecule has 0 saturated carbocycles. The lowest BCUT2D eigenvalue weighted by atomic mass is 10.2. The Kier molecular flexibility index (Phi) is 7.15. The van der Waals surface area contributed by atoms with Crippen LogP contribution in [-0.4, -0.2) is 19.4 Å². The number of aromatic nitrogens is 1. The number of amides is 2. The number of benzene rings is 2. The van der Waals surface area contributed by atoms with E-state index in [0.717, 1.165) is 5.56 Å². The summed E-state index contributed by atoms with van der Waals surface area (Å²) in [5.41, 5.74) is 2.11. The second-order valence-electron chi connectivity index (χ2n) is 6.30. The highest BCUT2D eigenvalue weighted by Crippen LogP contribution is 2.27. The first-order valence-electron chi connectivity index (χ1n) is 8.79. The van der Waals surface area contributed by atoms with E-state index < -0.39 is 10.0 Å². The standard InChI is InChI=1S/C20H18Cl2N4O3S/c21-18-2-1-3-19(22)17(18)13-30(28,29)26-16-6-4-15(5-7-16)25-20(27)24-12-14-8-10-23-11-9-14/h1-11,26H,12-13H2,(H2,24,25,27). The maximum absolute atomic E-state index is 12.4. The molecule has 0 fully saturated rings. The zero-order valence-corrected chi connectivity index (χ0v) is 17.9. The van der Waals surface area contributed by atoms with Crippen molar-refractivity contribution < 1.29 is 13.2 Å². The van der Waals surface area contributed by atoms with Gasteiger partial charge in [0.05, 0.1) is 5.75 Å². The van der Waals surface area contributed by atoms with E-state index >= 15 is 0 Å². The van der Waals surface area contributed by atoms with Crippen LogP contribution in [0.5, 0.6) is 0 Å². The van der Waals surface area contributed by atoms with Gasteiger partial charge in [-0.3, -0.25) is 9.71 Å². The molecule has 3 N–H and O–H groups in total. The molecule has 0 atom stereocenters. The molecule has 0 radical (unpaired) electrons. The normalized spacial score (nSPS) is 11.0. The molecule has 0 saturated heterocycles. The quantitative estimate of drug-likeness (QED) is 0.473. The number of nitrogens with zero attached hydrogens (tertiary/aromatic N) is 1. The van der Waals surface area contributed by atoms with Crippen molar-refractivity contribution in [3.8, 4) is 0 Å². The van der Waals surface area contributed by atoms with Crippen molar-refractivity contribution in [3.05, 3.63) is 88.2 Å². The summed E-state index contributed by atoms with van der Waals surface area (Å²) < 4.78 is 27.4. The van der Waals surface area contributed by atoms with Crippen LogP contribution in [0, 0.1) is 0 Å². The number of pyridine rings is 1. The van der Waals surface area contributed by atoms with E-state index in [1.807, 2.05) is 0 Å². The minimum absolute atomic E-state index is 0.283. The summed E-state index contributed by atoms with van der Waals surface area (Å²) in [6, 6.07) is 14.3. The van der Waals surface area contributed by atoms with Gasteiger partial charge in [-0.15, -0.1) is 0 Å². The molecule has 0 bridgehead atoms. The molecule has 0 spiro atoms. The minimum atomic E-state index is -3.73. The molecule has 0 unspecified atom stereocenters. The van der Waals surface area contributed by atoms with Gasteiger partial charge in [0, 0.05) is 45.9 Å². The topological polar surface area (TPSA) is 100 Å². The van der Waals surface area contributed by atoms with Crippen molar-refractivity contribution in [1.82, 2.24) is 10.3 Å². The Hall–Kier alpha value is -2.81. The third-order valence-electron chi connectivity index (χ3n) is 4.01. The van der Waals surface area contributed by atoms with Gasteiger partial charge in [-0.1, -0.05) is 29.3 Å². The fraction of sp³-hybridized carbons (Fsp3) is 0.100. The van der Waals surface area contributed by atoms with Crippen LogP contribution in [0.15, 0.2) is 67.0 Å². The van der Waals surface area contributed by atoms with Gasteiger partial charge in [-0.25, -0.2) is 13.2 Å². The van der Waals surface area contributed by atoms with Gasteiger partial charge in [0.1, 0.15) is 0 Å². The Morgan fingerprint density at radius 3 is 2.13 bits per heavy atom. The van der Waals surface area contributed by atoms with Crippen molar-refractivity contribution >= 4 is 50.6 Å². The summed E-state index contributed by atoms with van der Waals surface area (Å²) in [6.45, 7) is 0.358. The number of nitrogens with one attached hydrogen (secondary N) is 3. The zero-order chi connectivity index (χ0) is 21.6. The van der Waals surface area contributed by atoms with Gasteiger partial charge in [0.2, 0.25) is 10.0 Å². The van der Waals surface area contributed by atoms with E-state index in [1.165, 1.54) is 0 Å². The van der Waals surface area contributed by atoms with Gasteiger partial charge in [-0.05, 0) is 54.1 Å². The maximum atomic E-state index is 12.4. The van der Waals surface area contributed by atoms with Crippen molar-refractivity contribution in [2.45, 2.75) is 12.3 Å². The molecule has 1 heterocycles. The maximum Gasteiger partial charge on any atom is 0.319 e. The lowest BCUT2D eigenvalue weighted by Crippen LogP contribution is -2.28. The number of carbonyl (C=O) groups is 1. The predicted molar refractivity (Wildman–Crippen MR) is 119 cm³/mol. The van der Waals surface area contributed by atoms with E-state index in [4.69, 9.17) is 23.2 Å². The van der Waals surface area contributed by atoms with Crippen LogP contribution in [-0.2, 0) is 22.3 Å². The lowest BCUT2D eigenvalue weighted by molar-refractivity contribution is 0.251. The fourth-order valence-corrected chi connectivity index (χ4v) is 4.50. The van der Waals surface area contributed by atoms with E-state index in [9.17, 15) is 13.2 Å². The van der Waals surface area contributed by atoms with Crippen molar-refractivity contribution in [2.75, 3.05) is 10.0 Å². The van der Waals surface area contributed by atoms with E-state index in [2.05, 4.69) is 20.3 Å². The molecule has 10 heteroatoms. The van der Waals surface area contributed by atoms with Crippen molar-refractivity contribution in [2.24, 2.45) is 0 Å². The SMILES string of the molecule is O=C(NCc1ccncc1)Nc1ccc(NS(=O)(=O)Cc2c(Cl)cccc2Cl)cc1. The summed E-state index contributed by atoms with van der Waals surface area (Å²) in [4.78, 5) is 15.9. The van der Waals surface area contributed by atoms with Crippen LogP contribution in [0.2, 0.25) is 10.0 Å². The molecule has 30 heavy (non-hydrogen) atoms. The molecule has 3 rings (SSSR count). The molecule has 1 aromatic heterocycles. The van der Waals surface area contributed by atoms with Crippen LogP contribution in [0.4, 0.5) is 16.2 Å². The summed E-state index contributed by atoms with van der Waals surface area (Å²) >= 11 is 12.1. The second-order valence-corrected chi connectivity index (χ2v) is 8.84. The Morgan fingerprint density at radius 1 is 0.900 bits per heavy atom. The molecule has 0 aliphatic rings. The molecule has 0 aliphatic heterocycles. The number of carbonyl (C=O) groups excluding carboxylic acids is 1. The largest absolute Gasteiger partial charge is 0.334 e. The Morgan fingerprint density at radius 2 is 1.50 bits per heavy atom. The van der Waals surface area contributed by atoms with E-state index in [-0.39, 0.29) is 21.8 Å². The third-order valence-corrected chi connectivity index (χ3v) is 5.94. The molecule has 3 aromatic rings. The van der Waals surface area contributed by atoms with Crippen LogP contribution < -0.4 is 15.4 Å². The number of hydrogen-bond donors (Lipinski definition) is 3. The number of halogens is 2. The van der Waals surface area contributed by atoms with Gasteiger partial charge < -0.3 is 10.6 Å². The van der Waals surface area contributed by atoms with Crippen LogP contribution in [0.25, 0.3) is 0 Å². The van der Waals surface area contributed by atoms with Gasteiger partial charge in [-0.2, -0.15) is 0 Å². The number of hydrogen-bond acceptors (Lipinski definition) is 4. The highest BCUT2D eigenvalue weighted by Gasteiger charge is 2.16. The fourth-order valence-electron chi connectivity index (χ4n) is 2.56. The smallest absolute Gasteiger partial charge is 0.319 e. The van der Waals surface area contributed by atoms with Gasteiger partial charge >= 0.3 is 6.03 Å². The molecule has 2 amide bonds. The molecule has 7 nitrogen and oxygen atoms in total. The third kappa shape index (κ3) is 6.35. The number of rotatable bonds is 7. The summed E-state index contributed by atoms with van der Waals surface area (Å²) in [5.74, 6) is -0.358. The first kappa shape index (κ1) is 21.9. The predicted octanol–water partition coefficient (Wildman–Crippen LogP) is 4.65. The Bertz CT molecular complexity index is 1100. The Balaban J connectivity index is 1.56. The second kappa shape index (κ2) is 9.80. The minimum Gasteiger partial charge on any atom is -0.334 e. The summed E-state index contributed by atoms with van der Waals surface area (Å²) in [6.07, 6.45) is 3.29. The molecule has 0 aliphatic carbocycles. The summed E-state index contributed by atoms with van der Waals surface area (Å²) in [7, 11) is -3.73. The first-order chi connectivity index (χ1) is 14.3. The molecular formula is C20H18Cl2N4O3S. The highest BCUT2D eigenvalue weighted by molar-refractivity contribution is 7.91. The highest BCUT2D eigenvalue weighted by atomic mass is 35.5. The zero-order valence-electron chi connectivity index (χ0n) is 15.6. The van der Waals surface area contributed by atoms with Crippen LogP contribution >= 0.6 is 23.2 Å². The van der Waals surface area contributed by atoms with Crippen molar-refractivity contribution in [1.29, 1.82) is 0 Å². The number of sulfonamides is 1. The summed E-state index contributed by atoms with van der Waals surface area (Å²) in [5, 5.41) is 5.97. The average molecular weight is 465 g/mol.